The van der Waals surface area contributed by atoms with E-state index in [0.29, 0.717) is 11.8 Å². The smallest absolute Gasteiger partial charge is 0.328 e. The van der Waals surface area contributed by atoms with Gasteiger partial charge in [-0.2, -0.15) is 8.42 Å². The molecule has 2 rings (SSSR count). The Bertz CT molecular complexity index is 496. The first-order valence-electron chi connectivity index (χ1n) is 8.14. The Hall–Kier alpha value is -0.820. The predicted octanol–water partition coefficient (Wildman–Crippen LogP) is 2.01. The van der Waals surface area contributed by atoms with Crippen molar-refractivity contribution in [1.82, 2.24) is 10.6 Å². The van der Waals surface area contributed by atoms with Crippen LogP contribution in [-0.4, -0.2) is 38.4 Å². The first-order valence-corrected chi connectivity index (χ1v) is 9.72. The van der Waals surface area contributed by atoms with E-state index in [4.69, 9.17) is 0 Å². The lowest BCUT2D eigenvalue weighted by Crippen LogP contribution is -2.51. The second-order valence-electron chi connectivity index (χ2n) is 7.53. The minimum Gasteiger partial charge on any atom is -0.328 e. The number of nitrogens with one attached hydrogen (secondary N) is 2. The van der Waals surface area contributed by atoms with Gasteiger partial charge in [0.2, 0.25) is 0 Å². The molecule has 1 aliphatic heterocycles. The van der Waals surface area contributed by atoms with Gasteiger partial charge in [-0.3, -0.25) is 0 Å². The summed E-state index contributed by atoms with van der Waals surface area (Å²) in [5.74, 6) is 0.858. The van der Waals surface area contributed by atoms with Crippen molar-refractivity contribution in [2.45, 2.75) is 64.5 Å². The molecule has 3 atom stereocenters. The second-order valence-corrected chi connectivity index (χ2v) is 9.14. The van der Waals surface area contributed by atoms with Crippen LogP contribution in [0.25, 0.3) is 0 Å². The van der Waals surface area contributed by atoms with E-state index < -0.39 is 21.8 Å². The topological polar surface area (TPSA) is 84.5 Å². The Balaban J connectivity index is 1.94. The summed E-state index contributed by atoms with van der Waals surface area (Å²) in [4.78, 5) is 11.7. The largest absolute Gasteiger partial charge is 0.423 e. The van der Waals surface area contributed by atoms with Crippen LogP contribution in [0.2, 0.25) is 0 Å². The van der Waals surface area contributed by atoms with Crippen molar-refractivity contribution in [2.24, 2.45) is 11.8 Å². The standard InChI is InChI=1S/C15H28N2O4S/c1-15(2,3)17-14(18)21-22(19,20)10-13-12-7-5-4-6-11(12)8-9-16-13/h11-13,16H,4-10H2,1-3H3,(H,17,18). The number of amides is 1. The third-order valence-electron chi connectivity index (χ3n) is 4.47. The van der Waals surface area contributed by atoms with E-state index in [1.54, 1.807) is 20.8 Å². The summed E-state index contributed by atoms with van der Waals surface area (Å²) in [6.45, 7) is 6.16. The Labute approximate surface area is 133 Å². The number of carbonyl (C=O) groups is 1. The van der Waals surface area contributed by atoms with Crippen molar-refractivity contribution in [3.8, 4) is 0 Å². The van der Waals surface area contributed by atoms with E-state index in [1.165, 1.54) is 12.8 Å². The third kappa shape index (κ3) is 5.12. The van der Waals surface area contributed by atoms with Gasteiger partial charge in [0.1, 0.15) is 5.75 Å². The zero-order valence-electron chi connectivity index (χ0n) is 13.7. The number of rotatable bonds is 3. The van der Waals surface area contributed by atoms with Gasteiger partial charge in [0.25, 0.3) is 0 Å². The maximum Gasteiger partial charge on any atom is 0.423 e. The molecular formula is C15H28N2O4S. The molecule has 1 amide bonds. The van der Waals surface area contributed by atoms with Gasteiger partial charge in [-0.25, -0.2) is 4.79 Å². The van der Waals surface area contributed by atoms with Gasteiger partial charge in [0, 0.05) is 11.6 Å². The average Bonchev–Trinajstić information content (AvgIpc) is 2.35. The fourth-order valence-corrected chi connectivity index (χ4v) is 4.75. The molecule has 1 saturated carbocycles. The molecular weight excluding hydrogens is 304 g/mol. The molecule has 1 saturated heterocycles. The highest BCUT2D eigenvalue weighted by Crippen LogP contribution is 2.37. The van der Waals surface area contributed by atoms with Crippen molar-refractivity contribution < 1.29 is 17.4 Å². The fraction of sp³-hybridized carbons (Fsp3) is 0.933. The van der Waals surface area contributed by atoms with Gasteiger partial charge < -0.3 is 14.8 Å². The first-order chi connectivity index (χ1) is 10.2. The Morgan fingerprint density at radius 3 is 2.59 bits per heavy atom. The lowest BCUT2D eigenvalue weighted by atomic mass is 9.72. The molecule has 2 N–H and O–H groups in total. The monoisotopic (exact) mass is 332 g/mol. The van der Waals surface area contributed by atoms with Crippen LogP contribution in [0.1, 0.15) is 52.9 Å². The SMILES string of the molecule is CC(C)(C)NC(=O)OS(=O)(=O)CC1NCCC2CCCCC21. The van der Waals surface area contributed by atoms with E-state index in [2.05, 4.69) is 14.8 Å². The molecule has 0 spiro atoms. The summed E-state index contributed by atoms with van der Waals surface area (Å²) in [6.07, 6.45) is 4.87. The second kappa shape index (κ2) is 6.74. The van der Waals surface area contributed by atoms with Gasteiger partial charge in [-0.05, 0) is 52.0 Å². The Morgan fingerprint density at radius 2 is 1.91 bits per heavy atom. The van der Waals surface area contributed by atoms with Crippen molar-refractivity contribution >= 4 is 16.2 Å². The summed E-state index contributed by atoms with van der Waals surface area (Å²) in [6, 6.07) is -0.105. The molecule has 1 aliphatic carbocycles. The van der Waals surface area contributed by atoms with Gasteiger partial charge in [-0.1, -0.05) is 19.3 Å². The van der Waals surface area contributed by atoms with E-state index in [0.717, 1.165) is 25.8 Å². The predicted molar refractivity (Wildman–Crippen MR) is 85.0 cm³/mol. The van der Waals surface area contributed by atoms with Gasteiger partial charge in [-0.15, -0.1) is 0 Å². The van der Waals surface area contributed by atoms with Crippen LogP contribution in [-0.2, 0) is 14.3 Å². The van der Waals surface area contributed by atoms with Crippen LogP contribution in [0.5, 0.6) is 0 Å². The molecule has 2 aliphatic rings. The zero-order valence-corrected chi connectivity index (χ0v) is 14.5. The Morgan fingerprint density at radius 1 is 1.23 bits per heavy atom. The first kappa shape index (κ1) is 17.5. The highest BCUT2D eigenvalue weighted by atomic mass is 32.2. The van der Waals surface area contributed by atoms with Crippen LogP contribution in [0.15, 0.2) is 0 Å². The van der Waals surface area contributed by atoms with Crippen molar-refractivity contribution in [3.05, 3.63) is 0 Å². The quantitative estimate of drug-likeness (QED) is 0.772. The molecule has 0 aromatic heterocycles. The van der Waals surface area contributed by atoms with Crippen LogP contribution < -0.4 is 10.6 Å². The molecule has 7 heteroatoms. The summed E-state index contributed by atoms with van der Waals surface area (Å²) in [5, 5.41) is 5.81. The zero-order chi connectivity index (χ0) is 16.4. The van der Waals surface area contributed by atoms with Crippen molar-refractivity contribution in [1.29, 1.82) is 0 Å². The maximum atomic E-state index is 12.1. The van der Waals surface area contributed by atoms with E-state index in [1.807, 2.05) is 0 Å². The third-order valence-corrected chi connectivity index (χ3v) is 5.64. The molecule has 6 nitrogen and oxygen atoms in total. The Kier molecular flexibility index (Phi) is 5.37. The molecule has 0 radical (unpaired) electrons. The van der Waals surface area contributed by atoms with Crippen molar-refractivity contribution in [3.63, 3.8) is 0 Å². The molecule has 2 fully saturated rings. The van der Waals surface area contributed by atoms with Crippen LogP contribution in [0.3, 0.4) is 0 Å². The molecule has 128 valence electrons. The normalized spacial score (nSPS) is 29.5. The molecule has 0 bridgehead atoms. The van der Waals surface area contributed by atoms with Crippen molar-refractivity contribution in [2.75, 3.05) is 12.3 Å². The highest BCUT2D eigenvalue weighted by Gasteiger charge is 2.38. The highest BCUT2D eigenvalue weighted by molar-refractivity contribution is 7.87. The molecule has 0 aromatic carbocycles. The van der Waals surface area contributed by atoms with Crippen LogP contribution in [0, 0.1) is 11.8 Å². The maximum absolute atomic E-state index is 12.1. The number of hydrogen-bond acceptors (Lipinski definition) is 5. The molecule has 3 unspecified atom stereocenters. The van der Waals surface area contributed by atoms with Crippen LogP contribution in [0.4, 0.5) is 4.79 Å². The summed E-state index contributed by atoms with van der Waals surface area (Å²) in [5.41, 5.74) is -0.524. The summed E-state index contributed by atoms with van der Waals surface area (Å²) < 4.78 is 29.0. The number of carbonyl (C=O) groups excluding carboxylic acids is 1. The van der Waals surface area contributed by atoms with Gasteiger partial charge >= 0.3 is 16.2 Å². The van der Waals surface area contributed by atoms with E-state index in [9.17, 15) is 13.2 Å². The lowest BCUT2D eigenvalue weighted by molar-refractivity contribution is 0.142. The lowest BCUT2D eigenvalue weighted by Gasteiger charge is -2.41. The molecule has 1 heterocycles. The fourth-order valence-electron chi connectivity index (χ4n) is 3.61. The van der Waals surface area contributed by atoms with Gasteiger partial charge in [0.15, 0.2) is 0 Å². The molecule has 22 heavy (non-hydrogen) atoms. The van der Waals surface area contributed by atoms with Crippen LogP contribution >= 0.6 is 0 Å². The van der Waals surface area contributed by atoms with E-state index >= 15 is 0 Å². The minimum atomic E-state index is -3.88. The average molecular weight is 332 g/mol. The summed E-state index contributed by atoms with van der Waals surface area (Å²) >= 11 is 0. The van der Waals surface area contributed by atoms with E-state index in [-0.39, 0.29) is 11.8 Å². The molecule has 0 aromatic rings. The number of piperidine rings is 1. The summed E-state index contributed by atoms with van der Waals surface area (Å²) in [7, 11) is -3.88. The minimum absolute atomic E-state index is 0.105. The number of hydrogen-bond donors (Lipinski definition) is 2. The van der Waals surface area contributed by atoms with Gasteiger partial charge in [0.05, 0.1) is 0 Å². The number of fused-ring (bicyclic) bond motifs is 1.